The summed E-state index contributed by atoms with van der Waals surface area (Å²) in [4.78, 5) is 0. The van der Waals surface area contributed by atoms with Crippen LogP contribution in [-0.4, -0.2) is 27.3 Å². The number of methoxy groups -OCH3 is 2. The molecule has 0 saturated carbocycles. The molecule has 0 aromatic heterocycles. The van der Waals surface area contributed by atoms with Crippen molar-refractivity contribution in [1.29, 1.82) is 0 Å². The average molecular weight is 250 g/mol. The van der Waals surface area contributed by atoms with E-state index in [1.54, 1.807) is 14.2 Å². The third-order valence-electron chi connectivity index (χ3n) is 3.66. The van der Waals surface area contributed by atoms with Gasteiger partial charge in [0.05, 0.1) is 14.2 Å². The highest BCUT2D eigenvalue weighted by atomic mass is 16.5. The topological polar surface area (TPSA) is 56.5 Å². The van der Waals surface area contributed by atoms with E-state index >= 15 is 0 Å². The van der Waals surface area contributed by atoms with Gasteiger partial charge >= 0.3 is 0 Å². The molecule has 0 spiro atoms. The summed E-state index contributed by atoms with van der Waals surface area (Å²) in [6.45, 7) is 1.73. The van der Waals surface area contributed by atoms with E-state index in [1.165, 1.54) is 5.56 Å². The van der Waals surface area contributed by atoms with Crippen LogP contribution < -0.4 is 20.5 Å². The van der Waals surface area contributed by atoms with Crippen molar-refractivity contribution in [2.45, 2.75) is 18.9 Å². The van der Waals surface area contributed by atoms with Crippen LogP contribution in [0, 0.1) is 5.92 Å². The maximum Gasteiger partial charge on any atom is 0.123 e. The standard InChI is InChI=1S/C14H22N2O2/c1-17-11-4-6-14(18-2)12(7-11)13-5-3-10(8-15)9-16-13/h4,6-7,10,13,16H,3,5,8-9,15H2,1-2H3. The van der Waals surface area contributed by atoms with Crippen molar-refractivity contribution in [2.75, 3.05) is 27.3 Å². The molecular formula is C14H22N2O2. The smallest absolute Gasteiger partial charge is 0.123 e. The Bertz CT molecular complexity index is 387. The molecule has 3 N–H and O–H groups in total. The second kappa shape index (κ2) is 6.07. The fourth-order valence-electron chi connectivity index (χ4n) is 2.49. The Kier molecular flexibility index (Phi) is 4.44. The molecule has 1 aromatic rings. The molecule has 4 heteroatoms. The van der Waals surface area contributed by atoms with Crippen LogP contribution >= 0.6 is 0 Å². The first-order valence-corrected chi connectivity index (χ1v) is 6.43. The van der Waals surface area contributed by atoms with Crippen LogP contribution in [0.25, 0.3) is 0 Å². The van der Waals surface area contributed by atoms with Gasteiger partial charge in [-0.1, -0.05) is 0 Å². The van der Waals surface area contributed by atoms with Crippen molar-refractivity contribution in [1.82, 2.24) is 5.32 Å². The molecular weight excluding hydrogens is 228 g/mol. The number of rotatable bonds is 4. The van der Waals surface area contributed by atoms with Gasteiger partial charge in [0.15, 0.2) is 0 Å². The van der Waals surface area contributed by atoms with E-state index in [4.69, 9.17) is 15.2 Å². The predicted molar refractivity (Wildman–Crippen MR) is 72.1 cm³/mol. The van der Waals surface area contributed by atoms with Gasteiger partial charge in [-0.25, -0.2) is 0 Å². The highest BCUT2D eigenvalue weighted by Crippen LogP contribution is 2.34. The van der Waals surface area contributed by atoms with Crippen LogP contribution in [-0.2, 0) is 0 Å². The summed E-state index contributed by atoms with van der Waals surface area (Å²) in [5.41, 5.74) is 6.88. The molecule has 100 valence electrons. The Labute approximate surface area is 108 Å². The Morgan fingerprint density at radius 1 is 1.28 bits per heavy atom. The number of nitrogens with one attached hydrogen (secondary N) is 1. The second-order valence-corrected chi connectivity index (χ2v) is 4.75. The fourth-order valence-corrected chi connectivity index (χ4v) is 2.49. The van der Waals surface area contributed by atoms with Crippen LogP contribution in [0.3, 0.4) is 0 Å². The monoisotopic (exact) mass is 250 g/mol. The van der Waals surface area contributed by atoms with E-state index in [-0.39, 0.29) is 0 Å². The summed E-state index contributed by atoms with van der Waals surface area (Å²) in [7, 11) is 3.39. The molecule has 2 atom stereocenters. The van der Waals surface area contributed by atoms with Gasteiger partial charge < -0.3 is 20.5 Å². The summed E-state index contributed by atoms with van der Waals surface area (Å²) >= 11 is 0. The van der Waals surface area contributed by atoms with Crippen LogP contribution in [0.1, 0.15) is 24.4 Å². The molecule has 4 nitrogen and oxygen atoms in total. The summed E-state index contributed by atoms with van der Waals surface area (Å²) < 4.78 is 10.7. The van der Waals surface area contributed by atoms with Crippen LogP contribution in [0.2, 0.25) is 0 Å². The molecule has 1 heterocycles. The number of nitrogens with two attached hydrogens (primary N) is 1. The van der Waals surface area contributed by atoms with E-state index < -0.39 is 0 Å². The van der Waals surface area contributed by atoms with Crippen molar-refractivity contribution in [2.24, 2.45) is 11.7 Å². The molecule has 0 amide bonds. The Hall–Kier alpha value is -1.26. The maximum absolute atomic E-state index is 5.70. The molecule has 1 aromatic carbocycles. The lowest BCUT2D eigenvalue weighted by molar-refractivity contribution is 0.310. The van der Waals surface area contributed by atoms with Crippen LogP contribution in [0.4, 0.5) is 0 Å². The highest BCUT2D eigenvalue weighted by molar-refractivity contribution is 5.42. The number of ether oxygens (including phenoxy) is 2. The number of hydrogen-bond donors (Lipinski definition) is 2. The normalized spacial score (nSPS) is 23.7. The van der Waals surface area contributed by atoms with Crippen molar-refractivity contribution in [3.8, 4) is 11.5 Å². The minimum Gasteiger partial charge on any atom is -0.497 e. The van der Waals surface area contributed by atoms with Crippen molar-refractivity contribution < 1.29 is 9.47 Å². The minimum absolute atomic E-state index is 0.331. The third kappa shape index (κ3) is 2.76. The van der Waals surface area contributed by atoms with E-state index in [1.807, 2.05) is 12.1 Å². The highest BCUT2D eigenvalue weighted by Gasteiger charge is 2.23. The van der Waals surface area contributed by atoms with E-state index in [0.29, 0.717) is 12.0 Å². The molecule has 2 unspecified atom stereocenters. The number of benzene rings is 1. The first-order valence-electron chi connectivity index (χ1n) is 6.43. The molecule has 2 rings (SSSR count). The Morgan fingerprint density at radius 3 is 2.67 bits per heavy atom. The largest absolute Gasteiger partial charge is 0.497 e. The zero-order chi connectivity index (χ0) is 13.0. The van der Waals surface area contributed by atoms with Gasteiger partial charge in [0, 0.05) is 11.6 Å². The van der Waals surface area contributed by atoms with Gasteiger partial charge in [0.2, 0.25) is 0 Å². The van der Waals surface area contributed by atoms with Crippen LogP contribution in [0.5, 0.6) is 11.5 Å². The van der Waals surface area contributed by atoms with Crippen LogP contribution in [0.15, 0.2) is 18.2 Å². The SMILES string of the molecule is COc1ccc(OC)c(C2CCC(CN)CN2)c1. The maximum atomic E-state index is 5.70. The molecule has 1 fully saturated rings. The molecule has 18 heavy (non-hydrogen) atoms. The predicted octanol–water partition coefficient (Wildman–Crippen LogP) is 1.70. The van der Waals surface area contributed by atoms with E-state index in [0.717, 1.165) is 37.4 Å². The van der Waals surface area contributed by atoms with Crippen molar-refractivity contribution in [3.63, 3.8) is 0 Å². The molecule has 1 aliphatic heterocycles. The van der Waals surface area contributed by atoms with Gasteiger partial charge in [-0.15, -0.1) is 0 Å². The summed E-state index contributed by atoms with van der Waals surface area (Å²) in [5, 5.41) is 3.55. The minimum atomic E-state index is 0.331. The molecule has 1 saturated heterocycles. The van der Waals surface area contributed by atoms with Gasteiger partial charge in [0.25, 0.3) is 0 Å². The molecule has 0 aliphatic carbocycles. The lowest BCUT2D eigenvalue weighted by Crippen LogP contribution is -2.36. The second-order valence-electron chi connectivity index (χ2n) is 4.75. The van der Waals surface area contributed by atoms with E-state index in [2.05, 4.69) is 11.4 Å². The first kappa shape index (κ1) is 13.2. The average Bonchev–Trinajstić information content (AvgIpc) is 2.46. The van der Waals surface area contributed by atoms with Gasteiger partial charge in [-0.3, -0.25) is 0 Å². The zero-order valence-corrected chi connectivity index (χ0v) is 11.1. The Balaban J connectivity index is 2.16. The zero-order valence-electron chi connectivity index (χ0n) is 11.1. The molecule has 1 aliphatic rings. The van der Waals surface area contributed by atoms with E-state index in [9.17, 15) is 0 Å². The van der Waals surface area contributed by atoms with Crippen molar-refractivity contribution in [3.05, 3.63) is 23.8 Å². The summed E-state index contributed by atoms with van der Waals surface area (Å²) in [6, 6.07) is 6.27. The fraction of sp³-hybridized carbons (Fsp3) is 0.571. The first-order chi connectivity index (χ1) is 8.78. The van der Waals surface area contributed by atoms with Gasteiger partial charge in [-0.2, -0.15) is 0 Å². The summed E-state index contributed by atoms with van der Waals surface area (Å²) in [5.74, 6) is 2.38. The Morgan fingerprint density at radius 2 is 2.11 bits per heavy atom. The number of hydrogen-bond acceptors (Lipinski definition) is 4. The third-order valence-corrected chi connectivity index (χ3v) is 3.66. The molecule has 0 bridgehead atoms. The number of piperidine rings is 1. The van der Waals surface area contributed by atoms with Crippen molar-refractivity contribution >= 4 is 0 Å². The molecule has 0 radical (unpaired) electrons. The lowest BCUT2D eigenvalue weighted by atomic mass is 9.90. The lowest BCUT2D eigenvalue weighted by Gasteiger charge is -2.30. The van der Waals surface area contributed by atoms with Gasteiger partial charge in [0.1, 0.15) is 11.5 Å². The quantitative estimate of drug-likeness (QED) is 0.854. The van der Waals surface area contributed by atoms with Gasteiger partial charge in [-0.05, 0) is 50.0 Å². The summed E-state index contributed by atoms with van der Waals surface area (Å²) in [6.07, 6.45) is 2.25.